The summed E-state index contributed by atoms with van der Waals surface area (Å²) in [6.45, 7) is 8.86. The molecule has 0 saturated heterocycles. The summed E-state index contributed by atoms with van der Waals surface area (Å²) in [4.78, 5) is 0. The van der Waals surface area contributed by atoms with E-state index in [0.717, 1.165) is 0 Å². The maximum absolute atomic E-state index is 10.9. The molecule has 0 heterocycles. The van der Waals surface area contributed by atoms with Crippen molar-refractivity contribution >= 4 is 10.1 Å². The minimum absolute atomic E-state index is 0.0218. The van der Waals surface area contributed by atoms with Crippen LogP contribution in [0.4, 0.5) is 0 Å². The predicted molar refractivity (Wildman–Crippen MR) is 63.6 cm³/mol. The van der Waals surface area contributed by atoms with Crippen LogP contribution in [0.25, 0.3) is 0 Å². The zero-order chi connectivity index (χ0) is 13.1. The summed E-state index contributed by atoms with van der Waals surface area (Å²) in [5, 5.41) is 11.6. The van der Waals surface area contributed by atoms with Gasteiger partial charge in [-0.1, -0.05) is 27.7 Å². The van der Waals surface area contributed by atoms with Gasteiger partial charge in [-0.25, -0.2) is 0 Å². The van der Waals surface area contributed by atoms with Crippen molar-refractivity contribution in [1.29, 1.82) is 0 Å². The smallest absolute Gasteiger partial charge is 0.280 e. The molecule has 0 aliphatic carbocycles. The average Bonchev–Trinajstić information content (AvgIpc) is 2.10. The van der Waals surface area contributed by atoms with E-state index in [0.29, 0.717) is 0 Å². The normalized spacial score (nSPS) is 18.8. The molecule has 3 atom stereocenters. The number of hydrogen-bond donors (Lipinski definition) is 3. The zero-order valence-electron chi connectivity index (χ0n) is 10.5. The second kappa shape index (κ2) is 5.95. The van der Waals surface area contributed by atoms with Gasteiger partial charge in [0.05, 0.1) is 6.10 Å². The maximum Gasteiger partial charge on any atom is 0.280 e. The van der Waals surface area contributed by atoms with Crippen molar-refractivity contribution < 1.29 is 18.1 Å². The number of aliphatic hydroxyl groups is 1. The quantitative estimate of drug-likeness (QED) is 0.611. The van der Waals surface area contributed by atoms with Gasteiger partial charge < -0.3 is 5.11 Å². The van der Waals surface area contributed by atoms with Gasteiger partial charge in [-0.2, -0.15) is 8.42 Å². The molecule has 3 N–H and O–H groups in total. The molecule has 0 aliphatic rings. The largest absolute Gasteiger partial charge is 0.391 e. The van der Waals surface area contributed by atoms with Gasteiger partial charge in [-0.3, -0.25) is 9.87 Å². The molecule has 6 heteroatoms. The summed E-state index contributed by atoms with van der Waals surface area (Å²) in [5.74, 6) is 0.0927. The molecule has 16 heavy (non-hydrogen) atoms. The van der Waals surface area contributed by atoms with E-state index in [4.69, 9.17) is 4.55 Å². The summed E-state index contributed by atoms with van der Waals surface area (Å²) in [6, 6.07) is -0.364. The molecule has 0 radical (unpaired) electrons. The van der Waals surface area contributed by atoms with Crippen LogP contribution >= 0.6 is 0 Å². The molecule has 5 nitrogen and oxygen atoms in total. The standard InChI is InChI=1S/C10H23NO4S/c1-6(2)9(10(12)7(3)4)11-8(5)16(13,14)15/h6-12H,1-5H3,(H,13,14,15). The lowest BCUT2D eigenvalue weighted by molar-refractivity contribution is 0.0633. The number of nitrogens with one attached hydrogen (secondary N) is 1. The average molecular weight is 253 g/mol. The van der Waals surface area contributed by atoms with Gasteiger partial charge >= 0.3 is 0 Å². The van der Waals surface area contributed by atoms with E-state index in [-0.39, 0.29) is 17.9 Å². The van der Waals surface area contributed by atoms with Crippen molar-refractivity contribution in [3.8, 4) is 0 Å². The number of aliphatic hydroxyl groups excluding tert-OH is 1. The van der Waals surface area contributed by atoms with Crippen molar-refractivity contribution in [2.75, 3.05) is 0 Å². The summed E-state index contributed by atoms with van der Waals surface area (Å²) < 4.78 is 30.7. The van der Waals surface area contributed by atoms with Crippen LogP contribution in [0.3, 0.4) is 0 Å². The lowest BCUT2D eigenvalue weighted by atomic mass is 9.91. The molecule has 0 spiro atoms. The highest BCUT2D eigenvalue weighted by atomic mass is 32.2. The molecule has 0 aromatic carbocycles. The summed E-state index contributed by atoms with van der Waals surface area (Å²) >= 11 is 0. The van der Waals surface area contributed by atoms with E-state index < -0.39 is 21.6 Å². The van der Waals surface area contributed by atoms with Crippen molar-refractivity contribution in [2.24, 2.45) is 11.8 Å². The van der Waals surface area contributed by atoms with Crippen molar-refractivity contribution in [1.82, 2.24) is 5.32 Å². The van der Waals surface area contributed by atoms with E-state index >= 15 is 0 Å². The minimum atomic E-state index is -4.11. The van der Waals surface area contributed by atoms with Crippen LogP contribution in [0.2, 0.25) is 0 Å². The van der Waals surface area contributed by atoms with E-state index in [1.807, 2.05) is 27.7 Å². The first-order chi connectivity index (χ1) is 7.07. The zero-order valence-corrected chi connectivity index (χ0v) is 11.3. The van der Waals surface area contributed by atoms with Gasteiger partial charge in [0, 0.05) is 6.04 Å². The second-order valence-corrected chi connectivity index (χ2v) is 6.57. The Hall–Kier alpha value is -0.170. The summed E-state index contributed by atoms with van der Waals surface area (Å²) in [5.41, 5.74) is 0. The van der Waals surface area contributed by atoms with Crippen molar-refractivity contribution in [3.05, 3.63) is 0 Å². The Morgan fingerprint density at radius 1 is 1.00 bits per heavy atom. The van der Waals surface area contributed by atoms with Gasteiger partial charge in [-0.15, -0.1) is 0 Å². The first-order valence-electron chi connectivity index (χ1n) is 5.47. The fraction of sp³-hybridized carbons (Fsp3) is 1.00. The van der Waals surface area contributed by atoms with Gasteiger partial charge in [0.1, 0.15) is 5.37 Å². The topological polar surface area (TPSA) is 86.6 Å². The van der Waals surface area contributed by atoms with Gasteiger partial charge in [0.2, 0.25) is 0 Å². The Labute approximate surface area is 98.0 Å². The highest BCUT2D eigenvalue weighted by Crippen LogP contribution is 2.15. The Kier molecular flexibility index (Phi) is 5.89. The molecule has 0 bridgehead atoms. The monoisotopic (exact) mass is 253 g/mol. The second-order valence-electron chi connectivity index (χ2n) is 4.83. The Balaban J connectivity index is 4.71. The SMILES string of the molecule is CC(C)C(O)C(NC(C)S(=O)(=O)O)C(C)C. The molecule has 0 rings (SSSR count). The van der Waals surface area contributed by atoms with E-state index in [1.54, 1.807) is 0 Å². The van der Waals surface area contributed by atoms with Crippen LogP contribution < -0.4 is 5.32 Å². The van der Waals surface area contributed by atoms with Crippen molar-refractivity contribution in [2.45, 2.75) is 52.1 Å². The van der Waals surface area contributed by atoms with Crippen LogP contribution in [-0.2, 0) is 10.1 Å². The third-order valence-corrected chi connectivity index (χ3v) is 3.67. The molecule has 0 aromatic rings. The van der Waals surface area contributed by atoms with Crippen LogP contribution in [0.15, 0.2) is 0 Å². The Bertz CT molecular complexity index is 300. The predicted octanol–water partition coefficient (Wildman–Crippen LogP) is 0.851. The molecule has 0 amide bonds. The van der Waals surface area contributed by atoms with Crippen LogP contribution in [0, 0.1) is 11.8 Å². The first-order valence-corrected chi connectivity index (χ1v) is 6.98. The maximum atomic E-state index is 10.9. The molecule has 98 valence electrons. The lowest BCUT2D eigenvalue weighted by Crippen LogP contribution is -2.51. The van der Waals surface area contributed by atoms with E-state index in [2.05, 4.69) is 5.32 Å². The van der Waals surface area contributed by atoms with E-state index in [1.165, 1.54) is 6.92 Å². The summed E-state index contributed by atoms with van der Waals surface area (Å²) in [7, 11) is -4.11. The van der Waals surface area contributed by atoms with E-state index in [9.17, 15) is 13.5 Å². The first kappa shape index (κ1) is 15.8. The van der Waals surface area contributed by atoms with Gasteiger partial charge in [0.25, 0.3) is 10.1 Å². The van der Waals surface area contributed by atoms with Crippen molar-refractivity contribution in [3.63, 3.8) is 0 Å². The summed E-state index contributed by atoms with van der Waals surface area (Å²) in [6.07, 6.45) is -0.649. The van der Waals surface area contributed by atoms with Gasteiger partial charge in [0.15, 0.2) is 0 Å². The lowest BCUT2D eigenvalue weighted by Gasteiger charge is -2.31. The Morgan fingerprint density at radius 2 is 1.44 bits per heavy atom. The highest BCUT2D eigenvalue weighted by molar-refractivity contribution is 7.86. The van der Waals surface area contributed by atoms with Crippen LogP contribution in [0.5, 0.6) is 0 Å². The Morgan fingerprint density at radius 3 is 1.69 bits per heavy atom. The molecular weight excluding hydrogens is 230 g/mol. The number of hydrogen-bond acceptors (Lipinski definition) is 4. The molecular formula is C10H23NO4S. The van der Waals surface area contributed by atoms with Crippen LogP contribution in [-0.4, -0.2) is 35.6 Å². The third-order valence-electron chi connectivity index (χ3n) is 2.64. The molecule has 3 unspecified atom stereocenters. The fourth-order valence-corrected chi connectivity index (χ4v) is 1.79. The molecule has 0 saturated carbocycles. The minimum Gasteiger partial charge on any atom is -0.391 e. The molecule has 0 fully saturated rings. The molecule has 0 aromatic heterocycles. The van der Waals surface area contributed by atoms with Gasteiger partial charge in [-0.05, 0) is 18.8 Å². The van der Waals surface area contributed by atoms with Crippen LogP contribution in [0.1, 0.15) is 34.6 Å². The number of rotatable bonds is 6. The highest BCUT2D eigenvalue weighted by Gasteiger charge is 2.29. The third kappa shape index (κ3) is 4.78. The fourth-order valence-electron chi connectivity index (χ4n) is 1.46. The molecule has 0 aliphatic heterocycles.